The quantitative estimate of drug-likeness (QED) is 0.686. The van der Waals surface area contributed by atoms with E-state index >= 15 is 4.39 Å². The molecule has 0 unspecified atom stereocenters. The molecule has 2 aliphatic carbocycles. The Morgan fingerprint density at radius 3 is 2.51 bits per heavy atom. The Labute approximate surface area is 217 Å². The summed E-state index contributed by atoms with van der Waals surface area (Å²) in [6, 6.07) is 5.79. The molecule has 0 radical (unpaired) electrons. The maximum atomic E-state index is 16.0. The van der Waals surface area contributed by atoms with Crippen LogP contribution in [0.25, 0.3) is 0 Å². The first-order chi connectivity index (χ1) is 17.7. The Balaban J connectivity index is 1.17. The fraction of sp³-hybridized carbons (Fsp3) is 0.621. The summed E-state index contributed by atoms with van der Waals surface area (Å²) in [5.74, 6) is 1.28. The molecule has 2 aliphatic heterocycles. The number of likely N-dealkylation sites (tertiary alicyclic amines) is 2. The first-order valence-corrected chi connectivity index (χ1v) is 13.8. The van der Waals surface area contributed by atoms with Gasteiger partial charge < -0.3 is 14.9 Å². The van der Waals surface area contributed by atoms with Crippen LogP contribution >= 0.6 is 0 Å². The number of aryl methyl sites for hydroxylation is 1. The maximum absolute atomic E-state index is 16.0. The minimum absolute atomic E-state index is 0.0676. The zero-order valence-electron chi connectivity index (χ0n) is 22.0. The molecule has 2 saturated heterocycles. The standard InChI is InChI=1S/C29H37FN4O3/c1-17-5-4-6-22(18(17)2)29(30)9-13-32(14-10-29)24(36)16-34-23-15-21-19(3)25(21)26(23)27(31-34)28(37)33-11-7-20(35)8-12-33/h4-6,19-21,25,35H,7-16H2,1-3H3/t19-,21+,25-/m1/s1. The van der Waals surface area contributed by atoms with Crippen LogP contribution in [0.1, 0.15) is 77.0 Å². The van der Waals surface area contributed by atoms with E-state index in [1.54, 1.807) is 14.5 Å². The number of alkyl halides is 1. The molecular weight excluding hydrogens is 471 g/mol. The van der Waals surface area contributed by atoms with Gasteiger partial charge in [0.2, 0.25) is 5.91 Å². The summed E-state index contributed by atoms with van der Waals surface area (Å²) < 4.78 is 17.7. The number of amides is 2. The van der Waals surface area contributed by atoms with Gasteiger partial charge >= 0.3 is 0 Å². The van der Waals surface area contributed by atoms with Gasteiger partial charge in [-0.3, -0.25) is 14.3 Å². The van der Waals surface area contributed by atoms with Crippen LogP contribution in [0, 0.1) is 25.7 Å². The summed E-state index contributed by atoms with van der Waals surface area (Å²) in [5, 5.41) is 14.6. The van der Waals surface area contributed by atoms with Crippen LogP contribution in [0.15, 0.2) is 18.2 Å². The van der Waals surface area contributed by atoms with Crippen molar-refractivity contribution < 1.29 is 19.1 Å². The van der Waals surface area contributed by atoms with E-state index in [1.165, 1.54) is 0 Å². The van der Waals surface area contributed by atoms with Crippen LogP contribution in [0.5, 0.6) is 0 Å². The Kier molecular flexibility index (Phi) is 5.93. The van der Waals surface area contributed by atoms with Crippen LogP contribution in [-0.4, -0.2) is 68.8 Å². The van der Waals surface area contributed by atoms with E-state index in [2.05, 4.69) is 6.92 Å². The monoisotopic (exact) mass is 508 g/mol. The van der Waals surface area contributed by atoms with E-state index in [0.717, 1.165) is 34.4 Å². The zero-order valence-corrected chi connectivity index (χ0v) is 22.0. The van der Waals surface area contributed by atoms with Crippen LogP contribution in [0.3, 0.4) is 0 Å². The molecule has 2 aromatic rings. The van der Waals surface area contributed by atoms with Gasteiger partial charge in [-0.05, 0) is 67.6 Å². The minimum atomic E-state index is -1.42. The highest BCUT2D eigenvalue weighted by Crippen LogP contribution is 2.62. The third-order valence-electron chi connectivity index (χ3n) is 9.66. The predicted octanol–water partition coefficient (Wildman–Crippen LogP) is 3.49. The highest BCUT2D eigenvalue weighted by Gasteiger charge is 2.56. The van der Waals surface area contributed by atoms with Gasteiger partial charge in [0.15, 0.2) is 5.69 Å². The summed E-state index contributed by atoms with van der Waals surface area (Å²) in [6.45, 7) is 8.09. The van der Waals surface area contributed by atoms with Gasteiger partial charge in [-0.1, -0.05) is 25.1 Å². The average molecular weight is 509 g/mol. The third-order valence-corrected chi connectivity index (χ3v) is 9.66. The highest BCUT2D eigenvalue weighted by molar-refractivity contribution is 5.95. The molecule has 3 fully saturated rings. The van der Waals surface area contributed by atoms with E-state index < -0.39 is 5.67 Å². The Morgan fingerprint density at radius 1 is 1.11 bits per heavy atom. The Morgan fingerprint density at radius 2 is 1.81 bits per heavy atom. The molecule has 37 heavy (non-hydrogen) atoms. The SMILES string of the molecule is Cc1cccc(C2(F)CCN(C(=O)Cn3nc(C(=O)N4CCC(O)CC4)c4c3C[C@H]3[C@@H](C)[C@@H]43)CC2)c1C. The van der Waals surface area contributed by atoms with Gasteiger partial charge in [-0.2, -0.15) is 5.10 Å². The molecule has 2 amide bonds. The number of rotatable bonds is 4. The molecule has 198 valence electrons. The fourth-order valence-electron chi connectivity index (χ4n) is 6.99. The molecule has 3 atom stereocenters. The molecule has 8 heteroatoms. The van der Waals surface area contributed by atoms with E-state index in [4.69, 9.17) is 5.10 Å². The number of nitrogens with zero attached hydrogens (tertiary/aromatic N) is 4. The van der Waals surface area contributed by atoms with Crippen molar-refractivity contribution >= 4 is 11.8 Å². The van der Waals surface area contributed by atoms with Gasteiger partial charge in [-0.15, -0.1) is 0 Å². The lowest BCUT2D eigenvalue weighted by molar-refractivity contribution is -0.134. The van der Waals surface area contributed by atoms with Crippen LogP contribution < -0.4 is 0 Å². The molecule has 3 heterocycles. The number of aliphatic hydroxyl groups excluding tert-OH is 1. The third kappa shape index (κ3) is 4.08. The van der Waals surface area contributed by atoms with Crippen molar-refractivity contribution in [1.82, 2.24) is 19.6 Å². The number of aliphatic hydroxyl groups is 1. The van der Waals surface area contributed by atoms with Crippen molar-refractivity contribution in [2.24, 2.45) is 11.8 Å². The molecule has 7 nitrogen and oxygen atoms in total. The molecule has 0 bridgehead atoms. The van der Waals surface area contributed by atoms with Crippen molar-refractivity contribution in [2.45, 2.75) is 77.1 Å². The van der Waals surface area contributed by atoms with Crippen molar-refractivity contribution in [3.05, 3.63) is 51.8 Å². The number of carbonyl (C=O) groups excluding carboxylic acids is 2. The second-order valence-corrected chi connectivity index (χ2v) is 11.7. The number of hydrogen-bond donors (Lipinski definition) is 1. The molecule has 0 spiro atoms. The number of carbonyl (C=O) groups is 2. The second kappa shape index (κ2) is 8.93. The van der Waals surface area contributed by atoms with E-state index in [-0.39, 0.29) is 37.3 Å². The van der Waals surface area contributed by atoms with Crippen LogP contribution in [-0.2, 0) is 23.4 Å². The van der Waals surface area contributed by atoms with E-state index in [9.17, 15) is 14.7 Å². The lowest BCUT2D eigenvalue weighted by Crippen LogP contribution is -2.45. The molecule has 4 aliphatic rings. The topological polar surface area (TPSA) is 78.7 Å². The summed E-state index contributed by atoms with van der Waals surface area (Å²) in [7, 11) is 0. The summed E-state index contributed by atoms with van der Waals surface area (Å²) in [4.78, 5) is 30.3. The summed E-state index contributed by atoms with van der Waals surface area (Å²) in [6.07, 6.45) is 2.25. The van der Waals surface area contributed by atoms with Crippen molar-refractivity contribution in [1.29, 1.82) is 0 Å². The molecule has 1 aromatic heterocycles. The van der Waals surface area contributed by atoms with Gasteiger partial charge in [0, 0.05) is 50.3 Å². The van der Waals surface area contributed by atoms with Gasteiger partial charge in [0.25, 0.3) is 5.91 Å². The first-order valence-electron chi connectivity index (χ1n) is 13.8. The summed E-state index contributed by atoms with van der Waals surface area (Å²) >= 11 is 0. The number of halogens is 1. The van der Waals surface area contributed by atoms with Crippen LogP contribution in [0.2, 0.25) is 0 Å². The number of fused-ring (bicyclic) bond motifs is 3. The Hall–Kier alpha value is -2.74. The second-order valence-electron chi connectivity index (χ2n) is 11.7. The Bertz CT molecular complexity index is 1240. The lowest BCUT2D eigenvalue weighted by atomic mass is 9.82. The minimum Gasteiger partial charge on any atom is -0.393 e. The van der Waals surface area contributed by atoms with E-state index in [1.807, 2.05) is 32.0 Å². The van der Waals surface area contributed by atoms with Crippen LogP contribution in [0.4, 0.5) is 4.39 Å². The van der Waals surface area contributed by atoms with E-state index in [0.29, 0.717) is 62.5 Å². The summed E-state index contributed by atoms with van der Waals surface area (Å²) in [5.41, 5.74) is 3.95. The largest absolute Gasteiger partial charge is 0.393 e. The zero-order chi connectivity index (χ0) is 26.1. The molecular formula is C29H37FN4O3. The van der Waals surface area contributed by atoms with Gasteiger partial charge in [-0.25, -0.2) is 4.39 Å². The fourth-order valence-corrected chi connectivity index (χ4v) is 6.99. The van der Waals surface area contributed by atoms with Crippen molar-refractivity contribution in [3.63, 3.8) is 0 Å². The van der Waals surface area contributed by atoms with Gasteiger partial charge in [0.05, 0.1) is 6.10 Å². The molecule has 1 aromatic carbocycles. The average Bonchev–Trinajstić information content (AvgIpc) is 3.18. The van der Waals surface area contributed by atoms with Crippen molar-refractivity contribution in [3.8, 4) is 0 Å². The van der Waals surface area contributed by atoms with Gasteiger partial charge in [0.1, 0.15) is 12.2 Å². The number of aromatic nitrogens is 2. The lowest BCUT2D eigenvalue weighted by Gasteiger charge is -2.37. The smallest absolute Gasteiger partial charge is 0.274 e. The number of benzene rings is 1. The number of hydrogen-bond acceptors (Lipinski definition) is 4. The maximum Gasteiger partial charge on any atom is 0.274 e. The van der Waals surface area contributed by atoms with Crippen molar-refractivity contribution in [2.75, 3.05) is 26.2 Å². The predicted molar refractivity (Wildman–Crippen MR) is 137 cm³/mol. The first kappa shape index (κ1) is 24.6. The molecule has 6 rings (SSSR count). The number of piperidine rings is 2. The normalized spacial score (nSPS) is 26.7. The molecule has 1 N–H and O–H groups in total. The highest BCUT2D eigenvalue weighted by atomic mass is 19.1. The molecule has 1 saturated carbocycles.